The molecule has 1 N–H and O–H groups in total. The second kappa shape index (κ2) is 3.94. The molecule has 60 valence electrons. The van der Waals surface area contributed by atoms with Crippen LogP contribution in [-0.4, -0.2) is 25.3 Å². The highest BCUT2D eigenvalue weighted by Gasteiger charge is 2.28. The van der Waals surface area contributed by atoms with Crippen molar-refractivity contribution in [1.82, 2.24) is 5.32 Å². The average molecular weight is 143 g/mol. The quantitative estimate of drug-likeness (QED) is 0.549. The molecule has 0 aromatic heterocycles. The number of hydrogen-bond acceptors (Lipinski definition) is 2. The second-order valence-corrected chi connectivity index (χ2v) is 2.62. The van der Waals surface area contributed by atoms with Gasteiger partial charge in [0.15, 0.2) is 0 Å². The fraction of sp³-hybridized carbons (Fsp3) is 1.00. The van der Waals surface area contributed by atoms with E-state index in [4.69, 9.17) is 4.74 Å². The van der Waals surface area contributed by atoms with E-state index in [1.54, 1.807) is 0 Å². The lowest BCUT2D eigenvalue weighted by Gasteiger charge is -2.20. The summed E-state index contributed by atoms with van der Waals surface area (Å²) < 4.78 is 5.53. The molecule has 2 fully saturated rings. The Hall–Kier alpha value is -0.0800. The first-order valence-corrected chi connectivity index (χ1v) is 4.31. The van der Waals surface area contributed by atoms with Crippen LogP contribution in [0.3, 0.4) is 0 Å². The maximum Gasteiger partial charge on any atom is 0.0704 e. The van der Waals surface area contributed by atoms with Gasteiger partial charge in [-0.25, -0.2) is 0 Å². The molecule has 0 radical (unpaired) electrons. The number of rotatable bonds is 0. The third-order valence-corrected chi connectivity index (χ3v) is 1.94. The highest BCUT2D eigenvalue weighted by atomic mass is 16.5. The summed E-state index contributed by atoms with van der Waals surface area (Å²) in [4.78, 5) is 0. The van der Waals surface area contributed by atoms with Crippen LogP contribution in [0.5, 0.6) is 0 Å². The van der Waals surface area contributed by atoms with Crippen LogP contribution in [0.15, 0.2) is 0 Å². The summed E-state index contributed by atoms with van der Waals surface area (Å²) >= 11 is 0. The van der Waals surface area contributed by atoms with Crippen molar-refractivity contribution in [2.75, 3.05) is 13.1 Å². The zero-order chi connectivity index (χ0) is 7.40. The van der Waals surface area contributed by atoms with E-state index in [9.17, 15) is 0 Å². The van der Waals surface area contributed by atoms with Crippen molar-refractivity contribution >= 4 is 0 Å². The molecule has 2 rings (SSSR count). The van der Waals surface area contributed by atoms with Crippen molar-refractivity contribution in [3.8, 4) is 0 Å². The van der Waals surface area contributed by atoms with Crippen LogP contribution in [0.4, 0.5) is 0 Å². The highest BCUT2D eigenvalue weighted by Crippen LogP contribution is 2.21. The van der Waals surface area contributed by atoms with Crippen LogP contribution >= 0.6 is 0 Å². The van der Waals surface area contributed by atoms with Crippen LogP contribution in [0.2, 0.25) is 0 Å². The van der Waals surface area contributed by atoms with Crippen LogP contribution in [0.25, 0.3) is 0 Å². The van der Waals surface area contributed by atoms with E-state index in [1.807, 2.05) is 13.8 Å². The average Bonchev–Trinajstić information content (AvgIpc) is 2.35. The summed E-state index contributed by atoms with van der Waals surface area (Å²) in [7, 11) is 0. The van der Waals surface area contributed by atoms with Gasteiger partial charge in [-0.3, -0.25) is 0 Å². The van der Waals surface area contributed by atoms with Gasteiger partial charge in [0.05, 0.1) is 12.2 Å². The van der Waals surface area contributed by atoms with E-state index in [1.165, 1.54) is 12.8 Å². The summed E-state index contributed by atoms with van der Waals surface area (Å²) in [5, 5.41) is 3.32. The van der Waals surface area contributed by atoms with Crippen molar-refractivity contribution < 1.29 is 4.74 Å². The molecule has 0 amide bonds. The second-order valence-electron chi connectivity index (χ2n) is 2.62. The van der Waals surface area contributed by atoms with Gasteiger partial charge in [-0.05, 0) is 12.8 Å². The number of fused-ring (bicyclic) bond motifs is 2. The van der Waals surface area contributed by atoms with Crippen LogP contribution in [-0.2, 0) is 4.74 Å². The summed E-state index contributed by atoms with van der Waals surface area (Å²) in [6.45, 7) is 6.16. The third kappa shape index (κ3) is 1.70. The first-order valence-electron chi connectivity index (χ1n) is 4.31. The zero-order valence-electron chi connectivity index (χ0n) is 6.89. The molecule has 2 heterocycles. The van der Waals surface area contributed by atoms with Crippen molar-refractivity contribution in [3.05, 3.63) is 0 Å². The molecule has 0 aromatic carbocycles. The standard InChI is InChI=1S/C6H11NO.C2H6/c1-2-6-4-7-3-5(1)8-6;1-2/h5-7H,1-4H2;1-2H3. The molecule has 2 atom stereocenters. The molecular formula is C8H17NO. The Morgan fingerprint density at radius 1 is 1.10 bits per heavy atom. The monoisotopic (exact) mass is 143 g/mol. The van der Waals surface area contributed by atoms with E-state index < -0.39 is 0 Å². The Kier molecular flexibility index (Phi) is 3.16. The molecule has 2 aliphatic rings. The van der Waals surface area contributed by atoms with Gasteiger partial charge in [0, 0.05) is 13.1 Å². The molecule has 2 bridgehead atoms. The SMILES string of the molecule is C1CC2CNCC1O2.CC. The molecule has 0 aliphatic carbocycles. The van der Waals surface area contributed by atoms with E-state index in [2.05, 4.69) is 5.32 Å². The maximum atomic E-state index is 5.53. The topological polar surface area (TPSA) is 21.3 Å². The molecule has 0 spiro atoms. The Balaban J connectivity index is 0.000000231. The predicted octanol–water partition coefficient (Wildman–Crippen LogP) is 1.16. The lowest BCUT2D eigenvalue weighted by atomic mass is 10.2. The molecule has 2 unspecified atom stereocenters. The van der Waals surface area contributed by atoms with Gasteiger partial charge in [-0.2, -0.15) is 0 Å². The highest BCUT2D eigenvalue weighted by molar-refractivity contribution is 4.81. The van der Waals surface area contributed by atoms with Gasteiger partial charge >= 0.3 is 0 Å². The number of nitrogens with one attached hydrogen (secondary N) is 1. The van der Waals surface area contributed by atoms with E-state index in [0.29, 0.717) is 12.2 Å². The van der Waals surface area contributed by atoms with Crippen molar-refractivity contribution in [2.24, 2.45) is 0 Å². The Bertz CT molecular complexity index is 81.3. The van der Waals surface area contributed by atoms with Crippen molar-refractivity contribution in [2.45, 2.75) is 38.9 Å². The molecule has 2 nitrogen and oxygen atoms in total. The van der Waals surface area contributed by atoms with Gasteiger partial charge in [-0.1, -0.05) is 13.8 Å². The zero-order valence-corrected chi connectivity index (χ0v) is 6.89. The largest absolute Gasteiger partial charge is 0.372 e. The van der Waals surface area contributed by atoms with Crippen LogP contribution in [0.1, 0.15) is 26.7 Å². The fourth-order valence-corrected chi connectivity index (χ4v) is 1.49. The minimum atomic E-state index is 0.550. The molecule has 0 saturated carbocycles. The van der Waals surface area contributed by atoms with Crippen LogP contribution < -0.4 is 5.32 Å². The van der Waals surface area contributed by atoms with Crippen molar-refractivity contribution in [3.63, 3.8) is 0 Å². The first kappa shape index (κ1) is 8.02. The van der Waals surface area contributed by atoms with Gasteiger partial charge in [0.25, 0.3) is 0 Å². The fourth-order valence-electron chi connectivity index (χ4n) is 1.49. The number of morpholine rings is 1. The summed E-state index contributed by atoms with van der Waals surface area (Å²) in [6.07, 6.45) is 3.65. The predicted molar refractivity (Wildman–Crippen MR) is 42.1 cm³/mol. The van der Waals surface area contributed by atoms with Crippen molar-refractivity contribution in [1.29, 1.82) is 0 Å². The lowest BCUT2D eigenvalue weighted by Crippen LogP contribution is -2.38. The summed E-state index contributed by atoms with van der Waals surface area (Å²) in [5.74, 6) is 0. The Morgan fingerprint density at radius 3 is 2.00 bits per heavy atom. The molecule has 10 heavy (non-hydrogen) atoms. The molecular weight excluding hydrogens is 126 g/mol. The minimum Gasteiger partial charge on any atom is -0.372 e. The third-order valence-electron chi connectivity index (χ3n) is 1.94. The van der Waals surface area contributed by atoms with Gasteiger partial charge < -0.3 is 10.1 Å². The summed E-state index contributed by atoms with van der Waals surface area (Å²) in [5.41, 5.74) is 0. The van der Waals surface area contributed by atoms with Crippen LogP contribution in [0, 0.1) is 0 Å². The Labute approximate surface area is 63.0 Å². The summed E-state index contributed by atoms with van der Waals surface area (Å²) in [6, 6.07) is 0. The molecule has 2 aliphatic heterocycles. The van der Waals surface area contributed by atoms with E-state index in [0.717, 1.165) is 13.1 Å². The molecule has 2 heteroatoms. The first-order chi connectivity index (χ1) is 4.95. The van der Waals surface area contributed by atoms with Gasteiger partial charge in [-0.15, -0.1) is 0 Å². The number of hydrogen-bond donors (Lipinski definition) is 1. The molecule has 2 saturated heterocycles. The number of ether oxygens (including phenoxy) is 1. The maximum absolute atomic E-state index is 5.53. The Morgan fingerprint density at radius 2 is 1.60 bits per heavy atom. The van der Waals surface area contributed by atoms with E-state index in [-0.39, 0.29) is 0 Å². The smallest absolute Gasteiger partial charge is 0.0704 e. The lowest BCUT2D eigenvalue weighted by molar-refractivity contribution is 0.0184. The van der Waals surface area contributed by atoms with Gasteiger partial charge in [0.1, 0.15) is 0 Å². The van der Waals surface area contributed by atoms with Gasteiger partial charge in [0.2, 0.25) is 0 Å². The van der Waals surface area contributed by atoms with E-state index >= 15 is 0 Å². The normalized spacial score (nSPS) is 36.6. The molecule has 0 aromatic rings. The minimum absolute atomic E-state index is 0.550.